The van der Waals surface area contributed by atoms with Gasteiger partial charge in [0.1, 0.15) is 0 Å². The van der Waals surface area contributed by atoms with Gasteiger partial charge in [-0.3, -0.25) is 0 Å². The van der Waals surface area contributed by atoms with E-state index in [4.69, 9.17) is 4.74 Å². The largest absolute Gasteiger partial charge is 0.377 e. The zero-order chi connectivity index (χ0) is 6.77. The minimum Gasteiger partial charge on any atom is -0.377 e. The van der Waals surface area contributed by atoms with Crippen LogP contribution < -0.4 is 0 Å². The van der Waals surface area contributed by atoms with Crippen molar-refractivity contribution in [2.45, 2.75) is 32.3 Å². The van der Waals surface area contributed by atoms with Gasteiger partial charge in [-0.2, -0.15) is 0 Å². The van der Waals surface area contributed by atoms with Crippen LogP contribution in [0.3, 0.4) is 0 Å². The predicted octanol–water partition coefficient (Wildman–Crippen LogP) is 1.82. The van der Waals surface area contributed by atoms with Gasteiger partial charge < -0.3 is 4.74 Å². The van der Waals surface area contributed by atoms with Crippen molar-refractivity contribution in [1.29, 1.82) is 0 Å². The molecule has 1 heterocycles. The van der Waals surface area contributed by atoms with Crippen LogP contribution in [-0.4, -0.2) is 12.7 Å². The first-order valence-corrected chi connectivity index (χ1v) is 4.39. The second-order valence-electron chi connectivity index (χ2n) is 4.65. The van der Waals surface area contributed by atoms with E-state index in [0.717, 1.165) is 18.4 Å². The third-order valence-corrected chi connectivity index (χ3v) is 3.88. The molecule has 56 valence electrons. The van der Waals surface area contributed by atoms with Crippen molar-refractivity contribution in [1.82, 2.24) is 0 Å². The highest BCUT2D eigenvalue weighted by molar-refractivity contribution is 5.06. The fourth-order valence-electron chi connectivity index (χ4n) is 3.46. The summed E-state index contributed by atoms with van der Waals surface area (Å²) in [6.07, 6.45) is 4.97. The Morgan fingerprint density at radius 1 is 1.40 bits per heavy atom. The molecular weight excluding hydrogens is 124 g/mol. The average Bonchev–Trinajstić information content (AvgIpc) is 2.39. The van der Waals surface area contributed by atoms with Crippen molar-refractivity contribution < 1.29 is 4.74 Å². The van der Waals surface area contributed by atoms with E-state index in [9.17, 15) is 0 Å². The lowest BCUT2D eigenvalue weighted by Gasteiger charge is -2.25. The van der Waals surface area contributed by atoms with Gasteiger partial charge in [0.2, 0.25) is 0 Å². The Morgan fingerprint density at radius 3 is 2.90 bits per heavy atom. The van der Waals surface area contributed by atoms with Gasteiger partial charge in [-0.1, -0.05) is 6.92 Å². The molecule has 1 saturated heterocycles. The maximum Gasteiger partial charge on any atom is 0.0612 e. The highest BCUT2D eigenvalue weighted by Gasteiger charge is 2.57. The predicted molar refractivity (Wildman–Crippen MR) is 38.7 cm³/mol. The first kappa shape index (κ1) is 5.59. The van der Waals surface area contributed by atoms with Crippen LogP contribution in [0, 0.1) is 17.3 Å². The van der Waals surface area contributed by atoms with Crippen LogP contribution in [0.1, 0.15) is 26.2 Å². The lowest BCUT2D eigenvalue weighted by Crippen LogP contribution is -2.25. The van der Waals surface area contributed by atoms with E-state index in [-0.39, 0.29) is 0 Å². The monoisotopic (exact) mass is 138 g/mol. The molecule has 2 saturated carbocycles. The summed E-state index contributed by atoms with van der Waals surface area (Å²) in [5.74, 6) is 1.97. The fraction of sp³-hybridized carbons (Fsp3) is 1.00. The molecule has 0 aromatic heterocycles. The first-order chi connectivity index (χ1) is 4.78. The van der Waals surface area contributed by atoms with Crippen LogP contribution in [0.25, 0.3) is 0 Å². The van der Waals surface area contributed by atoms with Crippen LogP contribution in [0.4, 0.5) is 0 Å². The third kappa shape index (κ3) is 0.460. The van der Waals surface area contributed by atoms with Gasteiger partial charge >= 0.3 is 0 Å². The molecule has 3 rings (SSSR count). The molecule has 10 heavy (non-hydrogen) atoms. The summed E-state index contributed by atoms with van der Waals surface area (Å²) in [4.78, 5) is 0. The van der Waals surface area contributed by atoms with Crippen LogP contribution in [0.2, 0.25) is 0 Å². The number of rotatable bonds is 0. The van der Waals surface area contributed by atoms with Crippen molar-refractivity contribution in [3.05, 3.63) is 0 Å². The molecule has 0 N–H and O–H groups in total. The Labute approximate surface area is 61.8 Å². The standard InChI is InChI=1S/C9H14O/c1-9-4-6-2-7(9)8(3-6)10-5-9/h6-8H,2-5H2,1H3. The van der Waals surface area contributed by atoms with Gasteiger partial charge in [0.25, 0.3) is 0 Å². The SMILES string of the molecule is CC12COC3CC(CC31)C2. The van der Waals surface area contributed by atoms with E-state index in [2.05, 4.69) is 6.92 Å². The van der Waals surface area contributed by atoms with Gasteiger partial charge in [-0.25, -0.2) is 0 Å². The molecule has 2 bridgehead atoms. The molecule has 0 amide bonds. The molecule has 1 aliphatic heterocycles. The van der Waals surface area contributed by atoms with Gasteiger partial charge in [-0.15, -0.1) is 0 Å². The van der Waals surface area contributed by atoms with Crippen molar-refractivity contribution in [2.24, 2.45) is 17.3 Å². The quantitative estimate of drug-likeness (QED) is 0.496. The van der Waals surface area contributed by atoms with E-state index in [1.807, 2.05) is 0 Å². The summed E-state index contributed by atoms with van der Waals surface area (Å²) in [6, 6.07) is 0. The first-order valence-electron chi connectivity index (χ1n) is 4.39. The van der Waals surface area contributed by atoms with E-state index >= 15 is 0 Å². The minimum atomic E-state index is 0.605. The summed E-state index contributed by atoms with van der Waals surface area (Å²) in [5.41, 5.74) is 0.605. The molecular formula is C9H14O. The molecule has 0 aromatic carbocycles. The second-order valence-corrected chi connectivity index (χ2v) is 4.65. The summed E-state index contributed by atoms with van der Waals surface area (Å²) in [5, 5.41) is 0. The topological polar surface area (TPSA) is 9.23 Å². The van der Waals surface area contributed by atoms with Gasteiger partial charge in [-0.05, 0) is 36.5 Å². The molecule has 4 atom stereocenters. The van der Waals surface area contributed by atoms with Crippen molar-refractivity contribution in [3.63, 3.8) is 0 Å². The lowest BCUT2D eigenvalue weighted by molar-refractivity contribution is 0.100. The lowest BCUT2D eigenvalue weighted by atomic mass is 9.77. The van der Waals surface area contributed by atoms with Crippen LogP contribution in [-0.2, 0) is 4.74 Å². The molecule has 1 nitrogen and oxygen atoms in total. The molecule has 0 radical (unpaired) electrons. The molecule has 2 aliphatic carbocycles. The van der Waals surface area contributed by atoms with E-state index in [1.54, 1.807) is 0 Å². The normalized spacial score (nSPS) is 63.9. The Kier molecular flexibility index (Phi) is 0.797. The second kappa shape index (κ2) is 1.42. The maximum atomic E-state index is 5.73. The highest BCUT2D eigenvalue weighted by atomic mass is 16.5. The summed E-state index contributed by atoms with van der Waals surface area (Å²) in [6.45, 7) is 3.47. The molecule has 0 aromatic rings. The zero-order valence-corrected chi connectivity index (χ0v) is 6.47. The molecule has 3 fully saturated rings. The van der Waals surface area contributed by atoms with Gasteiger partial charge in [0.05, 0.1) is 12.7 Å². The highest BCUT2D eigenvalue weighted by Crippen LogP contribution is 2.60. The number of fused-ring (bicyclic) bond motifs is 1. The fourth-order valence-corrected chi connectivity index (χ4v) is 3.46. The zero-order valence-electron chi connectivity index (χ0n) is 6.47. The molecule has 0 spiro atoms. The minimum absolute atomic E-state index is 0.605. The third-order valence-electron chi connectivity index (χ3n) is 3.88. The molecule has 3 aliphatic rings. The number of hydrogen-bond donors (Lipinski definition) is 0. The van der Waals surface area contributed by atoms with E-state index < -0.39 is 0 Å². The Bertz CT molecular complexity index is 178. The smallest absolute Gasteiger partial charge is 0.0612 e. The van der Waals surface area contributed by atoms with E-state index in [0.29, 0.717) is 11.5 Å². The average molecular weight is 138 g/mol. The Morgan fingerprint density at radius 2 is 2.30 bits per heavy atom. The van der Waals surface area contributed by atoms with Crippen LogP contribution >= 0.6 is 0 Å². The molecule has 4 unspecified atom stereocenters. The van der Waals surface area contributed by atoms with Crippen molar-refractivity contribution >= 4 is 0 Å². The summed E-state index contributed by atoms with van der Waals surface area (Å²) >= 11 is 0. The van der Waals surface area contributed by atoms with Crippen LogP contribution in [0.5, 0.6) is 0 Å². The molecule has 1 heteroatoms. The number of hydrogen-bond acceptors (Lipinski definition) is 1. The summed E-state index contributed by atoms with van der Waals surface area (Å²) in [7, 11) is 0. The Balaban J connectivity index is 2.05. The Hall–Kier alpha value is -0.0400. The summed E-state index contributed by atoms with van der Waals surface area (Å²) < 4.78 is 5.73. The number of ether oxygens (including phenoxy) is 1. The van der Waals surface area contributed by atoms with Gasteiger partial charge in [0, 0.05) is 0 Å². The van der Waals surface area contributed by atoms with Crippen LogP contribution in [0.15, 0.2) is 0 Å². The van der Waals surface area contributed by atoms with E-state index in [1.165, 1.54) is 19.3 Å². The van der Waals surface area contributed by atoms with Gasteiger partial charge in [0.15, 0.2) is 0 Å². The van der Waals surface area contributed by atoms with Crippen molar-refractivity contribution in [2.75, 3.05) is 6.61 Å². The van der Waals surface area contributed by atoms with Crippen molar-refractivity contribution in [3.8, 4) is 0 Å². The maximum absolute atomic E-state index is 5.73.